The average Bonchev–Trinajstić information content (AvgIpc) is 3.05. The second-order valence-corrected chi connectivity index (χ2v) is 8.50. The van der Waals surface area contributed by atoms with E-state index in [0.717, 1.165) is 67.7 Å². The summed E-state index contributed by atoms with van der Waals surface area (Å²) in [6.45, 7) is 9.75. The van der Waals surface area contributed by atoms with Crippen LogP contribution in [0.25, 0.3) is 0 Å². The Balaban J connectivity index is 1.36. The number of likely N-dealkylation sites (tertiary alicyclic amines) is 1. The minimum atomic E-state index is 0.146. The van der Waals surface area contributed by atoms with E-state index < -0.39 is 0 Å². The van der Waals surface area contributed by atoms with Crippen molar-refractivity contribution >= 4 is 23.2 Å². The fourth-order valence-electron chi connectivity index (χ4n) is 4.56. The molecule has 0 spiro atoms. The zero-order chi connectivity index (χ0) is 19.7. The summed E-state index contributed by atoms with van der Waals surface area (Å²) >= 11 is 6.15. The van der Waals surface area contributed by atoms with Gasteiger partial charge in [-0.2, -0.15) is 0 Å². The second kappa shape index (κ2) is 8.18. The Kier molecular flexibility index (Phi) is 5.65. The molecule has 3 heterocycles. The molecule has 0 saturated carbocycles. The molecule has 1 aromatic heterocycles. The number of anilines is 1. The monoisotopic (exact) mass is 400 g/mol. The first-order valence-electron chi connectivity index (χ1n) is 10.2. The number of nitrogens with zero attached hydrogens (tertiary/aromatic N) is 3. The van der Waals surface area contributed by atoms with Crippen LogP contribution in [-0.4, -0.2) is 66.0 Å². The van der Waals surface area contributed by atoms with Crippen molar-refractivity contribution < 1.29 is 4.79 Å². The molecule has 1 atom stereocenters. The molecule has 150 valence electrons. The SMILES string of the molecule is Cc1cc(C)c(C(=O)N2CCCC(N3CCN(c4cccc(Cl)c4)CC3)C2)[nH]1. The van der Waals surface area contributed by atoms with E-state index in [1.54, 1.807) is 0 Å². The Morgan fingerprint density at radius 1 is 1.11 bits per heavy atom. The van der Waals surface area contributed by atoms with Crippen LogP contribution < -0.4 is 4.90 Å². The Morgan fingerprint density at radius 2 is 1.89 bits per heavy atom. The molecule has 1 N–H and O–H groups in total. The molecule has 4 rings (SSSR count). The number of carbonyl (C=O) groups excluding carboxylic acids is 1. The Labute approximate surface area is 172 Å². The van der Waals surface area contributed by atoms with Gasteiger partial charge in [0.2, 0.25) is 0 Å². The lowest BCUT2D eigenvalue weighted by Gasteiger charge is -2.44. The van der Waals surface area contributed by atoms with Crippen LogP contribution in [0, 0.1) is 13.8 Å². The number of hydrogen-bond acceptors (Lipinski definition) is 3. The molecule has 2 aliphatic heterocycles. The molecule has 0 bridgehead atoms. The van der Waals surface area contributed by atoms with E-state index in [1.165, 1.54) is 12.1 Å². The highest BCUT2D eigenvalue weighted by molar-refractivity contribution is 6.30. The largest absolute Gasteiger partial charge is 0.369 e. The minimum Gasteiger partial charge on any atom is -0.369 e. The third kappa shape index (κ3) is 4.06. The van der Waals surface area contributed by atoms with Gasteiger partial charge in [-0.3, -0.25) is 9.69 Å². The molecular weight excluding hydrogens is 372 g/mol. The highest BCUT2D eigenvalue weighted by Crippen LogP contribution is 2.24. The number of hydrogen-bond donors (Lipinski definition) is 1. The molecule has 1 amide bonds. The van der Waals surface area contributed by atoms with E-state index in [0.29, 0.717) is 6.04 Å². The van der Waals surface area contributed by atoms with E-state index in [2.05, 4.69) is 20.9 Å². The molecular formula is C22H29ClN4O. The van der Waals surface area contributed by atoms with Crippen LogP contribution in [-0.2, 0) is 0 Å². The maximum absolute atomic E-state index is 13.0. The van der Waals surface area contributed by atoms with Gasteiger partial charge in [0.25, 0.3) is 5.91 Å². The van der Waals surface area contributed by atoms with E-state index in [9.17, 15) is 4.79 Å². The number of aromatic amines is 1. The molecule has 2 fully saturated rings. The van der Waals surface area contributed by atoms with Crippen LogP contribution in [0.15, 0.2) is 30.3 Å². The third-order valence-corrected chi connectivity index (χ3v) is 6.29. The molecule has 0 radical (unpaired) electrons. The van der Waals surface area contributed by atoms with Gasteiger partial charge in [-0.25, -0.2) is 0 Å². The van der Waals surface area contributed by atoms with E-state index in [1.807, 2.05) is 43.0 Å². The summed E-state index contributed by atoms with van der Waals surface area (Å²) < 4.78 is 0. The molecule has 6 heteroatoms. The van der Waals surface area contributed by atoms with Gasteiger partial charge in [-0.15, -0.1) is 0 Å². The minimum absolute atomic E-state index is 0.146. The summed E-state index contributed by atoms with van der Waals surface area (Å²) in [5, 5.41) is 0.788. The average molecular weight is 401 g/mol. The van der Waals surface area contributed by atoms with Gasteiger partial charge >= 0.3 is 0 Å². The summed E-state index contributed by atoms with van der Waals surface area (Å²) in [6.07, 6.45) is 2.24. The van der Waals surface area contributed by atoms with Crippen molar-refractivity contribution in [1.82, 2.24) is 14.8 Å². The lowest BCUT2D eigenvalue weighted by atomic mass is 10.0. The summed E-state index contributed by atoms with van der Waals surface area (Å²) in [5.74, 6) is 0.146. The van der Waals surface area contributed by atoms with Crippen LogP contribution in [0.3, 0.4) is 0 Å². The van der Waals surface area contributed by atoms with Gasteiger partial charge in [0.15, 0.2) is 0 Å². The van der Waals surface area contributed by atoms with Crippen molar-refractivity contribution in [3.8, 4) is 0 Å². The number of amides is 1. The Morgan fingerprint density at radius 3 is 2.57 bits per heavy atom. The van der Waals surface area contributed by atoms with E-state index in [-0.39, 0.29) is 5.91 Å². The van der Waals surface area contributed by atoms with Crippen LogP contribution in [0.5, 0.6) is 0 Å². The quantitative estimate of drug-likeness (QED) is 0.853. The summed E-state index contributed by atoms with van der Waals surface area (Å²) in [5.41, 5.74) is 4.04. The summed E-state index contributed by atoms with van der Waals surface area (Å²) in [6, 6.07) is 10.6. The first-order chi connectivity index (χ1) is 13.5. The maximum atomic E-state index is 13.0. The van der Waals surface area contributed by atoms with Crippen molar-refractivity contribution in [2.45, 2.75) is 32.7 Å². The lowest BCUT2D eigenvalue weighted by molar-refractivity contribution is 0.0558. The van der Waals surface area contributed by atoms with Crippen molar-refractivity contribution in [2.24, 2.45) is 0 Å². The number of carbonyl (C=O) groups is 1. The third-order valence-electron chi connectivity index (χ3n) is 6.05. The number of benzene rings is 1. The fourth-order valence-corrected chi connectivity index (χ4v) is 4.75. The summed E-state index contributed by atoms with van der Waals surface area (Å²) in [7, 11) is 0. The van der Waals surface area contributed by atoms with Crippen molar-refractivity contribution in [1.29, 1.82) is 0 Å². The van der Waals surface area contributed by atoms with Crippen LogP contribution in [0.1, 0.15) is 34.6 Å². The number of halogens is 1. The number of aromatic nitrogens is 1. The Bertz CT molecular complexity index is 841. The van der Waals surface area contributed by atoms with Gasteiger partial charge in [0.05, 0.1) is 0 Å². The summed E-state index contributed by atoms with van der Waals surface area (Å²) in [4.78, 5) is 23.2. The number of nitrogens with one attached hydrogen (secondary N) is 1. The molecule has 2 aliphatic rings. The fraction of sp³-hybridized carbons (Fsp3) is 0.500. The normalized spacial score (nSPS) is 21.2. The highest BCUT2D eigenvalue weighted by Gasteiger charge is 2.31. The topological polar surface area (TPSA) is 42.6 Å². The van der Waals surface area contributed by atoms with E-state index in [4.69, 9.17) is 11.6 Å². The number of aryl methyl sites for hydroxylation is 2. The zero-order valence-corrected chi connectivity index (χ0v) is 17.5. The van der Waals surface area contributed by atoms with Gasteiger partial charge in [-0.05, 0) is 56.5 Å². The highest BCUT2D eigenvalue weighted by atomic mass is 35.5. The Hall–Kier alpha value is -1.98. The number of H-pyrrole nitrogens is 1. The number of piperazine rings is 1. The maximum Gasteiger partial charge on any atom is 0.270 e. The molecule has 28 heavy (non-hydrogen) atoms. The molecule has 2 aromatic rings. The predicted octanol–water partition coefficient (Wildman–Crippen LogP) is 3.71. The second-order valence-electron chi connectivity index (χ2n) is 8.06. The van der Waals surface area contributed by atoms with Gasteiger partial charge < -0.3 is 14.8 Å². The number of rotatable bonds is 3. The first-order valence-corrected chi connectivity index (χ1v) is 10.6. The lowest BCUT2D eigenvalue weighted by Crippen LogP contribution is -2.56. The van der Waals surface area contributed by atoms with Crippen molar-refractivity contribution in [2.75, 3.05) is 44.2 Å². The van der Waals surface area contributed by atoms with Crippen LogP contribution in [0.4, 0.5) is 5.69 Å². The number of piperidine rings is 1. The molecule has 5 nitrogen and oxygen atoms in total. The zero-order valence-electron chi connectivity index (χ0n) is 16.7. The van der Waals surface area contributed by atoms with Crippen LogP contribution >= 0.6 is 11.6 Å². The van der Waals surface area contributed by atoms with Crippen molar-refractivity contribution in [3.63, 3.8) is 0 Å². The smallest absolute Gasteiger partial charge is 0.270 e. The molecule has 1 aromatic carbocycles. The van der Waals surface area contributed by atoms with Crippen molar-refractivity contribution in [3.05, 3.63) is 52.3 Å². The molecule has 2 saturated heterocycles. The van der Waals surface area contributed by atoms with Crippen LogP contribution in [0.2, 0.25) is 5.02 Å². The van der Waals surface area contributed by atoms with Gasteiger partial charge in [0, 0.05) is 61.7 Å². The molecule has 1 unspecified atom stereocenters. The predicted molar refractivity (Wildman–Crippen MR) is 114 cm³/mol. The van der Waals surface area contributed by atoms with E-state index >= 15 is 0 Å². The standard InChI is InChI=1S/C22H29ClN4O/c1-16-13-17(2)24-21(16)22(28)27-8-4-7-20(15-27)26-11-9-25(10-12-26)19-6-3-5-18(23)14-19/h3,5-6,13-14,20,24H,4,7-12,15H2,1-2H3. The first kappa shape index (κ1) is 19.3. The van der Waals surface area contributed by atoms with Gasteiger partial charge in [0.1, 0.15) is 5.69 Å². The molecule has 0 aliphatic carbocycles. The van der Waals surface area contributed by atoms with Gasteiger partial charge in [-0.1, -0.05) is 17.7 Å².